The summed E-state index contributed by atoms with van der Waals surface area (Å²) in [7, 11) is 0. The van der Waals surface area contributed by atoms with Crippen LogP contribution in [0, 0.1) is 0 Å². The number of halogens is 2. The van der Waals surface area contributed by atoms with Crippen molar-refractivity contribution in [3.63, 3.8) is 0 Å². The van der Waals surface area contributed by atoms with Crippen molar-refractivity contribution in [2.75, 3.05) is 5.32 Å². The van der Waals surface area contributed by atoms with Crippen LogP contribution in [0.15, 0.2) is 70.5 Å². The predicted octanol–water partition coefficient (Wildman–Crippen LogP) is 6.66. The number of phenols is 1. The van der Waals surface area contributed by atoms with Crippen LogP contribution in [-0.4, -0.2) is 10.9 Å². The van der Waals surface area contributed by atoms with Crippen LogP contribution >= 0.6 is 35.0 Å². The Bertz CT molecular complexity index is 992. The van der Waals surface area contributed by atoms with E-state index in [-0.39, 0.29) is 22.1 Å². The molecule has 138 valence electrons. The summed E-state index contributed by atoms with van der Waals surface area (Å²) in [5, 5.41) is 14.0. The highest BCUT2D eigenvalue weighted by Gasteiger charge is 2.12. The number of phenolic OH excluding ortho intramolecular Hbond substituents is 1. The van der Waals surface area contributed by atoms with E-state index in [2.05, 4.69) is 5.32 Å². The van der Waals surface area contributed by atoms with Gasteiger partial charge in [-0.3, -0.25) is 4.79 Å². The fourth-order valence-electron chi connectivity index (χ4n) is 2.57. The van der Waals surface area contributed by atoms with Gasteiger partial charge in [0.15, 0.2) is 5.78 Å². The van der Waals surface area contributed by atoms with Gasteiger partial charge in [-0.2, -0.15) is 0 Å². The lowest BCUT2D eigenvalue weighted by molar-refractivity contribution is 0.101. The van der Waals surface area contributed by atoms with Crippen molar-refractivity contribution in [1.29, 1.82) is 0 Å². The molecular formula is C21H17Cl2NO2S. The summed E-state index contributed by atoms with van der Waals surface area (Å²) in [5.41, 5.74) is 1.97. The SMILES string of the molecule is CC(=O)c1cc(NCc2ccccc2Sc2cccc(Cl)c2)cc(Cl)c1O. The molecule has 6 heteroatoms. The lowest BCUT2D eigenvalue weighted by Crippen LogP contribution is -2.03. The summed E-state index contributed by atoms with van der Waals surface area (Å²) < 4.78 is 0. The van der Waals surface area contributed by atoms with Crippen LogP contribution in [0.25, 0.3) is 0 Å². The highest BCUT2D eigenvalue weighted by Crippen LogP contribution is 2.34. The number of hydrogen-bond acceptors (Lipinski definition) is 4. The molecule has 0 fully saturated rings. The molecule has 0 aliphatic rings. The van der Waals surface area contributed by atoms with Crippen LogP contribution < -0.4 is 5.32 Å². The molecule has 3 rings (SSSR count). The summed E-state index contributed by atoms with van der Waals surface area (Å²) in [5.74, 6) is -0.429. The van der Waals surface area contributed by atoms with E-state index in [1.807, 2.05) is 48.5 Å². The second-order valence-corrected chi connectivity index (χ2v) is 7.89. The molecule has 3 aromatic carbocycles. The van der Waals surface area contributed by atoms with Crippen molar-refractivity contribution < 1.29 is 9.90 Å². The lowest BCUT2D eigenvalue weighted by atomic mass is 10.1. The zero-order chi connectivity index (χ0) is 19.4. The molecule has 0 unspecified atom stereocenters. The summed E-state index contributed by atoms with van der Waals surface area (Å²) in [6.45, 7) is 1.94. The zero-order valence-electron chi connectivity index (χ0n) is 14.5. The first kappa shape index (κ1) is 19.6. The van der Waals surface area contributed by atoms with Crippen molar-refractivity contribution in [3.05, 3.63) is 81.8 Å². The van der Waals surface area contributed by atoms with Crippen LogP contribution in [0.3, 0.4) is 0 Å². The van der Waals surface area contributed by atoms with Gasteiger partial charge in [-0.05, 0) is 48.9 Å². The number of anilines is 1. The third-order valence-corrected chi connectivity index (χ3v) is 5.55. The molecule has 3 aromatic rings. The fourth-order valence-corrected chi connectivity index (χ4v) is 4.05. The topological polar surface area (TPSA) is 49.3 Å². The first-order valence-corrected chi connectivity index (χ1v) is 9.80. The van der Waals surface area contributed by atoms with E-state index in [1.54, 1.807) is 23.9 Å². The maximum atomic E-state index is 11.7. The summed E-state index contributed by atoms with van der Waals surface area (Å²) in [6.07, 6.45) is 0. The van der Waals surface area contributed by atoms with E-state index in [0.29, 0.717) is 17.3 Å². The molecule has 27 heavy (non-hydrogen) atoms. The van der Waals surface area contributed by atoms with Gasteiger partial charge in [0.1, 0.15) is 5.75 Å². The molecule has 2 N–H and O–H groups in total. The Balaban J connectivity index is 1.80. The summed E-state index contributed by atoms with van der Waals surface area (Å²) in [6, 6.07) is 19.0. The van der Waals surface area contributed by atoms with Gasteiger partial charge in [0.05, 0.1) is 10.6 Å². The fraction of sp³-hybridized carbons (Fsp3) is 0.0952. The minimum Gasteiger partial charge on any atom is -0.506 e. The number of hydrogen-bond donors (Lipinski definition) is 2. The van der Waals surface area contributed by atoms with Gasteiger partial charge in [0.2, 0.25) is 0 Å². The van der Waals surface area contributed by atoms with E-state index in [1.165, 1.54) is 6.92 Å². The molecule has 0 saturated heterocycles. The average molecular weight is 418 g/mol. The number of carbonyl (C=O) groups is 1. The monoisotopic (exact) mass is 417 g/mol. The quantitative estimate of drug-likeness (QED) is 0.347. The third-order valence-electron chi connectivity index (χ3n) is 3.92. The van der Waals surface area contributed by atoms with E-state index in [9.17, 15) is 9.90 Å². The van der Waals surface area contributed by atoms with Gasteiger partial charge in [-0.15, -0.1) is 0 Å². The highest BCUT2D eigenvalue weighted by atomic mass is 35.5. The highest BCUT2D eigenvalue weighted by molar-refractivity contribution is 7.99. The van der Waals surface area contributed by atoms with Crippen molar-refractivity contribution in [1.82, 2.24) is 0 Å². The predicted molar refractivity (Wildman–Crippen MR) is 112 cm³/mol. The number of benzene rings is 3. The Morgan fingerprint density at radius 1 is 1.07 bits per heavy atom. The molecule has 0 radical (unpaired) electrons. The molecular weight excluding hydrogens is 401 g/mol. The number of ketones is 1. The van der Waals surface area contributed by atoms with Gasteiger partial charge in [-0.1, -0.05) is 59.2 Å². The maximum absolute atomic E-state index is 11.7. The normalized spacial score (nSPS) is 10.6. The van der Waals surface area contributed by atoms with Crippen LogP contribution in [0.1, 0.15) is 22.8 Å². The largest absolute Gasteiger partial charge is 0.506 e. The molecule has 0 aliphatic carbocycles. The third kappa shape index (κ3) is 4.98. The first-order valence-electron chi connectivity index (χ1n) is 8.22. The molecule has 0 aromatic heterocycles. The molecule has 3 nitrogen and oxygen atoms in total. The number of nitrogens with one attached hydrogen (secondary N) is 1. The van der Waals surface area contributed by atoms with E-state index < -0.39 is 0 Å². The van der Waals surface area contributed by atoms with E-state index in [0.717, 1.165) is 15.4 Å². The Kier molecular flexibility index (Phi) is 6.32. The molecule has 0 saturated carbocycles. The van der Waals surface area contributed by atoms with Crippen LogP contribution in [0.2, 0.25) is 10.0 Å². The maximum Gasteiger partial charge on any atom is 0.163 e. The van der Waals surface area contributed by atoms with Gasteiger partial charge in [-0.25, -0.2) is 0 Å². The minimum absolute atomic E-state index is 0.145. The lowest BCUT2D eigenvalue weighted by Gasteiger charge is -2.13. The Morgan fingerprint density at radius 3 is 2.59 bits per heavy atom. The number of carbonyl (C=O) groups excluding carboxylic acids is 1. The molecule has 0 atom stereocenters. The second-order valence-electron chi connectivity index (χ2n) is 5.93. The Labute approximate surface area is 172 Å². The molecule has 0 spiro atoms. The molecule has 0 heterocycles. The second kappa shape index (κ2) is 8.70. The zero-order valence-corrected chi connectivity index (χ0v) is 16.8. The van der Waals surface area contributed by atoms with E-state index >= 15 is 0 Å². The van der Waals surface area contributed by atoms with E-state index in [4.69, 9.17) is 23.2 Å². The smallest absolute Gasteiger partial charge is 0.163 e. The summed E-state index contributed by atoms with van der Waals surface area (Å²) in [4.78, 5) is 13.8. The van der Waals surface area contributed by atoms with Crippen LogP contribution in [0.4, 0.5) is 5.69 Å². The van der Waals surface area contributed by atoms with Crippen molar-refractivity contribution >= 4 is 46.4 Å². The first-order chi connectivity index (χ1) is 12.9. The van der Waals surface area contributed by atoms with Gasteiger partial charge >= 0.3 is 0 Å². The standard InChI is InChI=1S/C21H17Cl2NO2S/c1-13(25)18-10-16(11-19(23)21(18)26)24-12-14-5-2-3-8-20(14)27-17-7-4-6-15(22)9-17/h2-11,24,26H,12H2,1H3. The number of rotatable bonds is 6. The average Bonchev–Trinajstić information content (AvgIpc) is 2.63. The van der Waals surface area contributed by atoms with Crippen molar-refractivity contribution in [2.45, 2.75) is 23.3 Å². The number of aromatic hydroxyl groups is 1. The van der Waals surface area contributed by atoms with Gasteiger partial charge < -0.3 is 10.4 Å². The van der Waals surface area contributed by atoms with Crippen LogP contribution in [-0.2, 0) is 6.54 Å². The molecule has 0 amide bonds. The van der Waals surface area contributed by atoms with Crippen molar-refractivity contribution in [2.24, 2.45) is 0 Å². The van der Waals surface area contributed by atoms with Crippen LogP contribution in [0.5, 0.6) is 5.75 Å². The Morgan fingerprint density at radius 2 is 1.85 bits per heavy atom. The number of Topliss-reactive ketones (excluding diaryl/α,β-unsaturated/α-hetero) is 1. The molecule has 0 aliphatic heterocycles. The molecule has 0 bridgehead atoms. The van der Waals surface area contributed by atoms with Gasteiger partial charge in [0, 0.05) is 27.0 Å². The minimum atomic E-state index is -0.241. The Hall–Kier alpha value is -2.14. The summed E-state index contributed by atoms with van der Waals surface area (Å²) >= 11 is 13.7. The van der Waals surface area contributed by atoms with Crippen molar-refractivity contribution in [3.8, 4) is 5.75 Å². The van der Waals surface area contributed by atoms with Gasteiger partial charge in [0.25, 0.3) is 0 Å².